The Morgan fingerprint density at radius 3 is 2.60 bits per heavy atom. The molecule has 4 nitrogen and oxygen atoms in total. The van der Waals surface area contributed by atoms with Crippen molar-refractivity contribution in [3.8, 4) is 0 Å². The van der Waals surface area contributed by atoms with Gasteiger partial charge in [-0.3, -0.25) is 4.79 Å². The molecule has 0 aromatic heterocycles. The van der Waals surface area contributed by atoms with E-state index in [-0.39, 0.29) is 11.9 Å². The van der Waals surface area contributed by atoms with Crippen molar-refractivity contribution in [3.63, 3.8) is 0 Å². The third-order valence-corrected chi connectivity index (χ3v) is 2.84. The van der Waals surface area contributed by atoms with Crippen molar-refractivity contribution in [2.45, 2.75) is 38.3 Å². The number of nitrogens with zero attached hydrogens (tertiary/aromatic N) is 2. The van der Waals surface area contributed by atoms with E-state index in [9.17, 15) is 9.90 Å². The minimum atomic E-state index is -0.793. The van der Waals surface area contributed by atoms with Crippen LogP contribution in [0.2, 0.25) is 0 Å². The lowest BCUT2D eigenvalue weighted by molar-refractivity contribution is -0.137. The van der Waals surface area contributed by atoms with Crippen LogP contribution in [-0.4, -0.2) is 59.6 Å². The number of likely N-dealkylation sites (N-methyl/N-ethyl adjacent to an activating group) is 1. The van der Waals surface area contributed by atoms with E-state index in [1.807, 2.05) is 23.9 Å². The van der Waals surface area contributed by atoms with Gasteiger partial charge in [-0.05, 0) is 40.8 Å². The summed E-state index contributed by atoms with van der Waals surface area (Å²) in [6.45, 7) is 4.76. The Morgan fingerprint density at radius 2 is 2.13 bits per heavy atom. The van der Waals surface area contributed by atoms with E-state index in [0.29, 0.717) is 6.54 Å². The van der Waals surface area contributed by atoms with Gasteiger partial charge in [-0.15, -0.1) is 0 Å². The molecule has 1 atom stereocenters. The molecule has 1 aliphatic rings. The zero-order valence-corrected chi connectivity index (χ0v) is 10.2. The Balaban J connectivity index is 2.64. The van der Waals surface area contributed by atoms with Crippen molar-refractivity contribution in [2.24, 2.45) is 0 Å². The lowest BCUT2D eigenvalue weighted by atomic mass is 9.96. The Morgan fingerprint density at radius 1 is 1.53 bits per heavy atom. The molecule has 0 aromatic rings. The van der Waals surface area contributed by atoms with Crippen molar-refractivity contribution >= 4 is 5.91 Å². The maximum Gasteiger partial charge on any atom is 0.237 e. The second-order valence-electron chi connectivity index (χ2n) is 5.14. The Labute approximate surface area is 91.9 Å². The maximum absolute atomic E-state index is 11.9. The normalized spacial score (nSPS) is 22.5. The smallest absolute Gasteiger partial charge is 0.237 e. The summed E-state index contributed by atoms with van der Waals surface area (Å²) in [7, 11) is 3.76. The third-order valence-electron chi connectivity index (χ3n) is 2.84. The fraction of sp³-hybridized carbons (Fsp3) is 0.909. The number of hydrogen-bond donors (Lipinski definition) is 1. The average Bonchev–Trinajstić information content (AvgIpc) is 2.48. The van der Waals surface area contributed by atoms with Crippen molar-refractivity contribution < 1.29 is 9.90 Å². The Hall–Kier alpha value is -0.610. The molecule has 88 valence electrons. The third kappa shape index (κ3) is 3.18. The predicted molar refractivity (Wildman–Crippen MR) is 59.6 cm³/mol. The fourth-order valence-electron chi connectivity index (χ4n) is 2.16. The van der Waals surface area contributed by atoms with Gasteiger partial charge >= 0.3 is 0 Å². The lowest BCUT2D eigenvalue weighted by Gasteiger charge is -2.34. The number of carbonyl (C=O) groups excluding carboxylic acids is 1. The van der Waals surface area contributed by atoms with Crippen molar-refractivity contribution in [1.29, 1.82) is 0 Å². The van der Waals surface area contributed by atoms with E-state index in [4.69, 9.17) is 0 Å². The van der Waals surface area contributed by atoms with Gasteiger partial charge in [0.05, 0.1) is 18.2 Å². The molecule has 1 aliphatic heterocycles. The molecule has 1 rings (SSSR count). The highest BCUT2D eigenvalue weighted by Crippen LogP contribution is 2.26. The van der Waals surface area contributed by atoms with Crippen LogP contribution in [0.5, 0.6) is 0 Å². The monoisotopic (exact) mass is 214 g/mol. The number of rotatable bonds is 3. The molecular formula is C11H22N2O2. The van der Waals surface area contributed by atoms with E-state index >= 15 is 0 Å². The number of likely N-dealkylation sites (tertiary alicyclic amines) is 1. The van der Waals surface area contributed by atoms with Crippen LogP contribution in [0.25, 0.3) is 0 Å². The molecule has 0 spiro atoms. The molecule has 15 heavy (non-hydrogen) atoms. The predicted octanol–water partition coefficient (Wildman–Crippen LogP) is 0.310. The van der Waals surface area contributed by atoms with Crippen LogP contribution >= 0.6 is 0 Å². The number of hydrogen-bond acceptors (Lipinski definition) is 3. The summed E-state index contributed by atoms with van der Waals surface area (Å²) in [5.74, 6) is 0.115. The van der Waals surface area contributed by atoms with Gasteiger partial charge in [-0.2, -0.15) is 0 Å². The van der Waals surface area contributed by atoms with Crippen LogP contribution < -0.4 is 0 Å². The highest BCUT2D eigenvalue weighted by atomic mass is 16.3. The summed E-state index contributed by atoms with van der Waals surface area (Å²) in [4.78, 5) is 15.6. The zero-order valence-electron chi connectivity index (χ0n) is 10.2. The fourth-order valence-corrected chi connectivity index (χ4v) is 2.16. The highest BCUT2D eigenvalue weighted by Gasteiger charge is 2.38. The zero-order chi connectivity index (χ0) is 11.6. The van der Waals surface area contributed by atoms with Crippen LogP contribution in [0.3, 0.4) is 0 Å². The van der Waals surface area contributed by atoms with Gasteiger partial charge in [0.25, 0.3) is 0 Å². The first-order valence-corrected chi connectivity index (χ1v) is 5.49. The van der Waals surface area contributed by atoms with Crippen LogP contribution in [0, 0.1) is 0 Å². The first-order valence-electron chi connectivity index (χ1n) is 5.49. The summed E-state index contributed by atoms with van der Waals surface area (Å²) < 4.78 is 0. The molecule has 0 radical (unpaired) electrons. The van der Waals surface area contributed by atoms with Crippen molar-refractivity contribution in [3.05, 3.63) is 0 Å². The molecule has 1 fully saturated rings. The molecule has 0 aliphatic carbocycles. The average molecular weight is 214 g/mol. The molecule has 1 N–H and O–H groups in total. The van der Waals surface area contributed by atoms with Crippen LogP contribution in [-0.2, 0) is 4.79 Å². The molecule has 0 bridgehead atoms. The molecule has 0 aromatic carbocycles. The Kier molecular flexibility index (Phi) is 3.73. The van der Waals surface area contributed by atoms with Gasteiger partial charge in [-0.1, -0.05) is 0 Å². The number of amides is 1. The summed E-state index contributed by atoms with van der Waals surface area (Å²) in [5.41, 5.74) is -0.793. The molecule has 1 amide bonds. The first-order chi connectivity index (χ1) is 6.82. The second-order valence-corrected chi connectivity index (χ2v) is 5.14. The molecule has 1 heterocycles. The summed E-state index contributed by atoms with van der Waals surface area (Å²) >= 11 is 0. The maximum atomic E-state index is 11.9. The quantitative estimate of drug-likeness (QED) is 0.735. The minimum absolute atomic E-state index is 0.0232. The molecule has 1 unspecified atom stereocenters. The van der Waals surface area contributed by atoms with Crippen molar-refractivity contribution in [2.75, 3.05) is 27.2 Å². The van der Waals surface area contributed by atoms with Crippen LogP contribution in [0.4, 0.5) is 0 Å². The van der Waals surface area contributed by atoms with Gasteiger partial charge in [0, 0.05) is 6.54 Å². The van der Waals surface area contributed by atoms with Crippen molar-refractivity contribution in [1.82, 2.24) is 9.80 Å². The van der Waals surface area contributed by atoms with Gasteiger partial charge in [0.2, 0.25) is 5.91 Å². The van der Waals surface area contributed by atoms with E-state index in [1.54, 1.807) is 13.8 Å². The largest absolute Gasteiger partial charge is 0.388 e. The molecule has 0 saturated carbocycles. The second kappa shape index (κ2) is 4.49. The van der Waals surface area contributed by atoms with Crippen LogP contribution in [0.1, 0.15) is 26.7 Å². The van der Waals surface area contributed by atoms with E-state index in [0.717, 1.165) is 19.4 Å². The van der Waals surface area contributed by atoms with Crippen LogP contribution in [0.15, 0.2) is 0 Å². The van der Waals surface area contributed by atoms with Gasteiger partial charge < -0.3 is 14.9 Å². The Bertz CT molecular complexity index is 233. The van der Waals surface area contributed by atoms with Gasteiger partial charge in [-0.25, -0.2) is 0 Å². The van der Waals surface area contributed by atoms with Gasteiger partial charge in [0.15, 0.2) is 0 Å². The summed E-state index contributed by atoms with van der Waals surface area (Å²) in [6, 6.07) is -0.0232. The summed E-state index contributed by atoms with van der Waals surface area (Å²) in [5, 5.41) is 9.96. The summed E-state index contributed by atoms with van der Waals surface area (Å²) in [6.07, 6.45) is 1.90. The van der Waals surface area contributed by atoms with E-state index in [1.165, 1.54) is 0 Å². The molecule has 4 heteroatoms. The molecule has 1 saturated heterocycles. The van der Waals surface area contributed by atoms with E-state index < -0.39 is 5.60 Å². The standard InChI is InChI=1S/C11H22N2O2/c1-11(2,15)9-6-5-7-13(9)10(14)8-12(3)4/h9,15H,5-8H2,1-4H3. The minimum Gasteiger partial charge on any atom is -0.388 e. The number of carbonyl (C=O) groups is 1. The van der Waals surface area contributed by atoms with Gasteiger partial charge in [0.1, 0.15) is 0 Å². The molecular weight excluding hydrogens is 192 g/mol. The first kappa shape index (κ1) is 12.5. The SMILES string of the molecule is CN(C)CC(=O)N1CCCC1C(C)(C)O. The number of aliphatic hydroxyl groups is 1. The van der Waals surface area contributed by atoms with E-state index in [2.05, 4.69) is 0 Å². The lowest BCUT2D eigenvalue weighted by Crippen LogP contribution is -2.50. The highest BCUT2D eigenvalue weighted by molar-refractivity contribution is 5.79. The topological polar surface area (TPSA) is 43.8 Å².